The Hall–Kier alpha value is -1.40. The van der Waals surface area contributed by atoms with Crippen LogP contribution in [0.2, 0.25) is 0 Å². The standard InChI is InChI=1S/C12H17N5S/c1-9-16-11(8-18-9)6-13-4-10-5-14-12-2-3-15-17(12)7-10/h2-3,8,10,13-14H,4-7H2,1H3. The fourth-order valence-electron chi connectivity index (χ4n) is 2.22. The number of rotatable bonds is 4. The lowest BCUT2D eigenvalue weighted by Gasteiger charge is -2.25. The molecule has 6 heteroatoms. The van der Waals surface area contributed by atoms with Gasteiger partial charge in [0.25, 0.3) is 0 Å². The average Bonchev–Trinajstić information content (AvgIpc) is 2.97. The Morgan fingerprint density at radius 2 is 2.56 bits per heavy atom. The van der Waals surface area contributed by atoms with Gasteiger partial charge >= 0.3 is 0 Å². The monoisotopic (exact) mass is 263 g/mol. The molecule has 0 saturated carbocycles. The molecule has 1 aliphatic rings. The van der Waals surface area contributed by atoms with E-state index in [0.29, 0.717) is 5.92 Å². The van der Waals surface area contributed by atoms with Gasteiger partial charge in [-0.1, -0.05) is 0 Å². The first-order valence-corrected chi connectivity index (χ1v) is 7.06. The van der Waals surface area contributed by atoms with Crippen LogP contribution >= 0.6 is 11.3 Å². The van der Waals surface area contributed by atoms with E-state index in [1.807, 2.05) is 23.9 Å². The lowest BCUT2D eigenvalue weighted by atomic mass is 10.1. The minimum Gasteiger partial charge on any atom is -0.370 e. The molecular formula is C12H17N5S. The summed E-state index contributed by atoms with van der Waals surface area (Å²) >= 11 is 1.70. The maximum Gasteiger partial charge on any atom is 0.124 e. The van der Waals surface area contributed by atoms with Crippen LogP contribution in [-0.2, 0) is 13.1 Å². The third-order valence-corrected chi connectivity index (χ3v) is 3.95. The summed E-state index contributed by atoms with van der Waals surface area (Å²) in [7, 11) is 0. The van der Waals surface area contributed by atoms with Crippen LogP contribution in [0.25, 0.3) is 0 Å². The molecule has 0 aliphatic carbocycles. The van der Waals surface area contributed by atoms with Crippen molar-refractivity contribution in [1.29, 1.82) is 0 Å². The van der Waals surface area contributed by atoms with Crippen LogP contribution in [0.15, 0.2) is 17.6 Å². The molecule has 1 atom stereocenters. The van der Waals surface area contributed by atoms with Crippen LogP contribution in [0.4, 0.5) is 5.82 Å². The molecule has 3 rings (SSSR count). The first-order chi connectivity index (χ1) is 8.81. The van der Waals surface area contributed by atoms with Crippen LogP contribution in [-0.4, -0.2) is 27.9 Å². The summed E-state index contributed by atoms with van der Waals surface area (Å²) < 4.78 is 2.03. The normalized spacial score (nSPS) is 18.4. The maximum atomic E-state index is 4.44. The maximum absolute atomic E-state index is 4.44. The van der Waals surface area contributed by atoms with Gasteiger partial charge in [-0.05, 0) is 6.92 Å². The lowest BCUT2D eigenvalue weighted by Crippen LogP contribution is -2.35. The summed E-state index contributed by atoms with van der Waals surface area (Å²) in [5.74, 6) is 1.71. The average molecular weight is 263 g/mol. The van der Waals surface area contributed by atoms with E-state index in [1.54, 1.807) is 11.3 Å². The van der Waals surface area contributed by atoms with Crippen molar-refractivity contribution >= 4 is 17.2 Å². The van der Waals surface area contributed by atoms with Crippen molar-refractivity contribution in [3.05, 3.63) is 28.3 Å². The van der Waals surface area contributed by atoms with Crippen molar-refractivity contribution in [3.63, 3.8) is 0 Å². The number of aromatic nitrogens is 3. The van der Waals surface area contributed by atoms with E-state index >= 15 is 0 Å². The largest absolute Gasteiger partial charge is 0.370 e. The number of nitrogens with one attached hydrogen (secondary N) is 2. The minimum absolute atomic E-state index is 0.581. The number of hydrogen-bond acceptors (Lipinski definition) is 5. The second-order valence-electron chi connectivity index (χ2n) is 4.63. The summed E-state index contributed by atoms with van der Waals surface area (Å²) in [5.41, 5.74) is 1.14. The van der Waals surface area contributed by atoms with Crippen LogP contribution < -0.4 is 10.6 Å². The molecule has 2 aromatic rings. The SMILES string of the molecule is Cc1nc(CNCC2CNc3ccnn3C2)cs1. The molecule has 2 aromatic heterocycles. The Morgan fingerprint density at radius 3 is 3.39 bits per heavy atom. The van der Waals surface area contributed by atoms with E-state index in [2.05, 4.69) is 26.1 Å². The molecule has 0 saturated heterocycles. The van der Waals surface area contributed by atoms with E-state index in [0.717, 1.165) is 42.7 Å². The molecule has 3 heterocycles. The number of anilines is 1. The molecule has 0 bridgehead atoms. The van der Waals surface area contributed by atoms with E-state index in [1.165, 1.54) is 0 Å². The van der Waals surface area contributed by atoms with Crippen LogP contribution in [0.1, 0.15) is 10.7 Å². The zero-order valence-corrected chi connectivity index (χ0v) is 11.2. The Kier molecular flexibility index (Phi) is 3.29. The number of nitrogens with zero attached hydrogens (tertiary/aromatic N) is 3. The van der Waals surface area contributed by atoms with Crippen molar-refractivity contribution in [1.82, 2.24) is 20.1 Å². The molecule has 0 spiro atoms. The summed E-state index contributed by atoms with van der Waals surface area (Å²) in [6, 6.07) is 2.02. The van der Waals surface area contributed by atoms with Crippen molar-refractivity contribution in [3.8, 4) is 0 Å². The van der Waals surface area contributed by atoms with Gasteiger partial charge in [-0.2, -0.15) is 5.10 Å². The molecule has 5 nitrogen and oxygen atoms in total. The summed E-state index contributed by atoms with van der Waals surface area (Å²) in [6.07, 6.45) is 1.84. The number of thiazole rings is 1. The number of fused-ring (bicyclic) bond motifs is 1. The molecule has 0 amide bonds. The summed E-state index contributed by atoms with van der Waals surface area (Å²) in [5, 5.41) is 14.4. The third kappa shape index (κ3) is 2.54. The van der Waals surface area contributed by atoms with E-state index in [4.69, 9.17) is 0 Å². The van der Waals surface area contributed by atoms with Gasteiger partial charge in [0.1, 0.15) is 5.82 Å². The van der Waals surface area contributed by atoms with Crippen molar-refractivity contribution < 1.29 is 0 Å². The van der Waals surface area contributed by atoms with Crippen molar-refractivity contribution in [2.45, 2.75) is 20.0 Å². The van der Waals surface area contributed by atoms with Crippen molar-refractivity contribution in [2.75, 3.05) is 18.4 Å². The molecule has 0 aromatic carbocycles. The van der Waals surface area contributed by atoms with Gasteiger partial charge in [0.15, 0.2) is 0 Å². The molecule has 96 valence electrons. The van der Waals surface area contributed by atoms with E-state index in [-0.39, 0.29) is 0 Å². The highest BCUT2D eigenvalue weighted by atomic mass is 32.1. The minimum atomic E-state index is 0.581. The Morgan fingerprint density at radius 1 is 1.61 bits per heavy atom. The van der Waals surface area contributed by atoms with E-state index < -0.39 is 0 Å². The summed E-state index contributed by atoms with van der Waals surface area (Å²) in [6.45, 7) is 5.88. The van der Waals surface area contributed by atoms with E-state index in [9.17, 15) is 0 Å². The highest BCUT2D eigenvalue weighted by Crippen LogP contribution is 2.15. The van der Waals surface area contributed by atoms with Gasteiger partial charge in [0, 0.05) is 43.5 Å². The smallest absolute Gasteiger partial charge is 0.124 e. The second-order valence-corrected chi connectivity index (χ2v) is 5.70. The Balaban J connectivity index is 1.47. The second kappa shape index (κ2) is 5.07. The molecule has 18 heavy (non-hydrogen) atoms. The van der Waals surface area contributed by atoms with Gasteiger partial charge in [0.05, 0.1) is 16.9 Å². The number of hydrogen-bond donors (Lipinski definition) is 2. The summed E-state index contributed by atoms with van der Waals surface area (Å²) in [4.78, 5) is 4.44. The fourth-order valence-corrected chi connectivity index (χ4v) is 2.83. The molecule has 1 unspecified atom stereocenters. The first kappa shape index (κ1) is 11.7. The predicted octanol–water partition coefficient (Wildman–Crippen LogP) is 1.48. The Labute approximate surface area is 110 Å². The van der Waals surface area contributed by atoms with Gasteiger partial charge < -0.3 is 10.6 Å². The fraction of sp³-hybridized carbons (Fsp3) is 0.500. The van der Waals surface area contributed by atoms with Crippen LogP contribution in [0.3, 0.4) is 0 Å². The highest BCUT2D eigenvalue weighted by molar-refractivity contribution is 7.09. The molecule has 0 radical (unpaired) electrons. The van der Waals surface area contributed by atoms with Gasteiger partial charge in [-0.3, -0.25) is 0 Å². The van der Waals surface area contributed by atoms with Crippen molar-refractivity contribution in [2.24, 2.45) is 5.92 Å². The molecule has 2 N–H and O–H groups in total. The third-order valence-electron chi connectivity index (χ3n) is 3.13. The van der Waals surface area contributed by atoms with Crippen LogP contribution in [0.5, 0.6) is 0 Å². The van der Waals surface area contributed by atoms with Gasteiger partial charge in [-0.15, -0.1) is 11.3 Å². The van der Waals surface area contributed by atoms with Gasteiger partial charge in [-0.25, -0.2) is 9.67 Å². The predicted molar refractivity (Wildman–Crippen MR) is 72.8 cm³/mol. The molecule has 0 fully saturated rings. The van der Waals surface area contributed by atoms with Crippen LogP contribution in [0, 0.1) is 12.8 Å². The quantitative estimate of drug-likeness (QED) is 0.877. The Bertz CT molecular complexity index is 518. The zero-order chi connectivity index (χ0) is 12.4. The first-order valence-electron chi connectivity index (χ1n) is 6.18. The number of aryl methyl sites for hydroxylation is 1. The topological polar surface area (TPSA) is 54.8 Å². The molecule has 1 aliphatic heterocycles. The lowest BCUT2D eigenvalue weighted by molar-refractivity contribution is 0.391. The zero-order valence-electron chi connectivity index (χ0n) is 10.4. The molecular weight excluding hydrogens is 246 g/mol. The highest BCUT2D eigenvalue weighted by Gasteiger charge is 2.17. The van der Waals surface area contributed by atoms with Gasteiger partial charge in [0.2, 0.25) is 0 Å².